The van der Waals surface area contributed by atoms with Gasteiger partial charge in [-0.1, -0.05) is 0 Å². The van der Waals surface area contributed by atoms with Crippen LogP contribution in [0.25, 0.3) is 0 Å². The zero-order valence-corrected chi connectivity index (χ0v) is 15.5. The Balaban J connectivity index is 3.19. The van der Waals surface area contributed by atoms with Gasteiger partial charge in [0, 0.05) is 20.8 Å². The highest BCUT2D eigenvalue weighted by Crippen LogP contribution is 2.30. The van der Waals surface area contributed by atoms with Crippen molar-refractivity contribution in [3.8, 4) is 0 Å². The average Bonchev–Trinajstić information content (AvgIpc) is 2.49. The highest BCUT2D eigenvalue weighted by atomic mass is 32.2. The molecule has 1 aliphatic rings. The van der Waals surface area contributed by atoms with E-state index in [2.05, 4.69) is 4.18 Å². The van der Waals surface area contributed by atoms with Crippen molar-refractivity contribution in [1.29, 1.82) is 0 Å². The molecular formula is C13H17F3O11S. The number of esters is 3. The third-order valence-corrected chi connectivity index (χ3v) is 4.20. The van der Waals surface area contributed by atoms with Gasteiger partial charge in [-0.25, -0.2) is 0 Å². The lowest BCUT2D eigenvalue weighted by Crippen LogP contribution is -2.62. The minimum atomic E-state index is -6.03. The first-order valence-corrected chi connectivity index (χ1v) is 8.87. The van der Waals surface area contributed by atoms with Crippen LogP contribution in [0.1, 0.15) is 20.8 Å². The fourth-order valence-electron chi connectivity index (χ4n) is 2.23. The molecule has 0 saturated carbocycles. The molecule has 0 spiro atoms. The molecule has 0 aliphatic carbocycles. The number of aliphatic hydroxyl groups excluding tert-OH is 1. The first-order chi connectivity index (χ1) is 12.7. The van der Waals surface area contributed by atoms with Gasteiger partial charge in [0.2, 0.25) is 0 Å². The van der Waals surface area contributed by atoms with Gasteiger partial charge in [0.25, 0.3) is 0 Å². The van der Waals surface area contributed by atoms with Gasteiger partial charge in [-0.2, -0.15) is 21.6 Å². The Kier molecular flexibility index (Phi) is 7.75. The van der Waals surface area contributed by atoms with Crippen LogP contribution in [-0.2, 0) is 47.6 Å². The van der Waals surface area contributed by atoms with Crippen LogP contribution in [-0.4, -0.2) is 74.3 Å². The van der Waals surface area contributed by atoms with E-state index in [0.29, 0.717) is 0 Å². The topological polar surface area (TPSA) is 152 Å². The van der Waals surface area contributed by atoms with Gasteiger partial charge in [0.05, 0.1) is 6.61 Å². The van der Waals surface area contributed by atoms with Crippen molar-refractivity contribution >= 4 is 28.0 Å². The maximum absolute atomic E-state index is 12.4. The van der Waals surface area contributed by atoms with Crippen LogP contribution >= 0.6 is 0 Å². The van der Waals surface area contributed by atoms with E-state index in [1.165, 1.54) is 0 Å². The van der Waals surface area contributed by atoms with Crippen LogP contribution in [0.5, 0.6) is 0 Å². The lowest BCUT2D eigenvalue weighted by molar-refractivity contribution is -0.294. The Bertz CT molecular complexity index is 705. The molecular weight excluding hydrogens is 421 g/mol. The number of carbonyl (C=O) groups is 3. The molecule has 0 aromatic rings. The SMILES string of the molecule is CC(=O)O[C@@H]1[C@@H](OC(C)=O)[C@H](O)O[C@H](COS(=O)(=O)C(F)(F)F)[C@H]1OC(C)=O. The number of hydrogen-bond acceptors (Lipinski definition) is 11. The van der Waals surface area contributed by atoms with E-state index in [4.69, 9.17) is 18.9 Å². The van der Waals surface area contributed by atoms with Gasteiger partial charge in [-0.15, -0.1) is 0 Å². The molecule has 0 amide bonds. The van der Waals surface area contributed by atoms with Gasteiger partial charge in [-0.05, 0) is 0 Å². The van der Waals surface area contributed by atoms with E-state index >= 15 is 0 Å². The summed E-state index contributed by atoms with van der Waals surface area (Å²) in [4.78, 5) is 33.9. The molecule has 11 nitrogen and oxygen atoms in total. The Morgan fingerprint density at radius 2 is 1.36 bits per heavy atom. The third-order valence-electron chi connectivity index (χ3n) is 3.19. The van der Waals surface area contributed by atoms with Gasteiger partial charge >= 0.3 is 33.5 Å². The molecule has 1 heterocycles. The fraction of sp³-hybridized carbons (Fsp3) is 0.769. The molecule has 1 aliphatic heterocycles. The van der Waals surface area contributed by atoms with Crippen molar-refractivity contribution in [2.45, 2.75) is 57.0 Å². The van der Waals surface area contributed by atoms with E-state index in [9.17, 15) is 41.1 Å². The Hall–Kier alpha value is -1.97. The van der Waals surface area contributed by atoms with E-state index < -0.39 is 70.8 Å². The minimum absolute atomic E-state index is 0.890. The molecule has 0 aromatic carbocycles. The summed E-state index contributed by atoms with van der Waals surface area (Å²) in [6, 6.07) is 0. The molecule has 28 heavy (non-hydrogen) atoms. The standard InChI is InChI=1S/C13H17F3O11S/c1-5(17)24-9-8(4-23-28(21,22)13(14,15)16)27-12(20)11(26-7(3)19)10(9)25-6(2)18/h8-12,20H,4H2,1-3H3/t8-,9-,10+,11-,12-/m1/s1. The second-order valence-electron chi connectivity index (χ2n) is 5.47. The van der Waals surface area contributed by atoms with E-state index in [1.54, 1.807) is 0 Å². The molecule has 1 rings (SSSR count). The maximum atomic E-state index is 12.4. The summed E-state index contributed by atoms with van der Waals surface area (Å²) >= 11 is 0. The highest BCUT2D eigenvalue weighted by molar-refractivity contribution is 7.87. The third kappa shape index (κ3) is 6.29. The van der Waals surface area contributed by atoms with Crippen molar-refractivity contribution in [1.82, 2.24) is 0 Å². The summed E-state index contributed by atoms with van der Waals surface area (Å²) in [5.41, 5.74) is -5.74. The van der Waals surface area contributed by atoms with E-state index in [1.807, 2.05) is 0 Å². The van der Waals surface area contributed by atoms with Crippen LogP contribution < -0.4 is 0 Å². The molecule has 0 aromatic heterocycles. The lowest BCUT2D eigenvalue weighted by atomic mass is 9.98. The predicted octanol–water partition coefficient (Wildman–Crippen LogP) is -0.635. The van der Waals surface area contributed by atoms with Crippen molar-refractivity contribution in [3.05, 3.63) is 0 Å². The molecule has 0 radical (unpaired) electrons. The number of aliphatic hydroxyl groups is 1. The van der Waals surface area contributed by atoms with Crippen LogP contribution in [0, 0.1) is 0 Å². The van der Waals surface area contributed by atoms with Crippen molar-refractivity contribution in [2.24, 2.45) is 0 Å². The second-order valence-corrected chi connectivity index (χ2v) is 7.08. The maximum Gasteiger partial charge on any atom is 0.523 e. The molecule has 1 fully saturated rings. The average molecular weight is 438 g/mol. The number of carbonyl (C=O) groups excluding carboxylic acids is 3. The van der Waals surface area contributed by atoms with Crippen LogP contribution in [0.3, 0.4) is 0 Å². The highest BCUT2D eigenvalue weighted by Gasteiger charge is 2.53. The first kappa shape index (κ1) is 24.1. The molecule has 0 unspecified atom stereocenters. The van der Waals surface area contributed by atoms with E-state index in [0.717, 1.165) is 20.8 Å². The Morgan fingerprint density at radius 3 is 1.79 bits per heavy atom. The normalized spacial score (nSPS) is 28.3. The fourth-order valence-corrected chi connectivity index (χ4v) is 2.68. The van der Waals surface area contributed by atoms with Gasteiger partial charge in [0.15, 0.2) is 24.6 Å². The Morgan fingerprint density at radius 1 is 0.929 bits per heavy atom. The number of rotatable bonds is 6. The van der Waals surface area contributed by atoms with Crippen LogP contribution in [0.15, 0.2) is 0 Å². The van der Waals surface area contributed by atoms with Gasteiger partial charge in [-0.3, -0.25) is 18.6 Å². The number of hydrogen-bond donors (Lipinski definition) is 1. The summed E-state index contributed by atoms with van der Waals surface area (Å²) in [6.07, 6.45) is -9.11. The van der Waals surface area contributed by atoms with Crippen molar-refractivity contribution in [2.75, 3.05) is 6.61 Å². The molecule has 5 atom stereocenters. The van der Waals surface area contributed by atoms with Crippen molar-refractivity contribution in [3.63, 3.8) is 0 Å². The summed E-state index contributed by atoms with van der Waals surface area (Å²) in [6.45, 7) is 1.38. The smallest absolute Gasteiger partial charge is 0.456 e. The van der Waals surface area contributed by atoms with Crippen molar-refractivity contribution < 1.29 is 64.2 Å². The summed E-state index contributed by atoms with van der Waals surface area (Å²) in [5, 5.41) is 9.95. The zero-order chi connectivity index (χ0) is 21.9. The molecule has 1 saturated heterocycles. The van der Waals surface area contributed by atoms with Crippen LogP contribution in [0.4, 0.5) is 13.2 Å². The van der Waals surface area contributed by atoms with E-state index in [-0.39, 0.29) is 0 Å². The van der Waals surface area contributed by atoms with Crippen LogP contribution in [0.2, 0.25) is 0 Å². The lowest BCUT2D eigenvalue weighted by Gasteiger charge is -2.42. The summed E-state index contributed by atoms with van der Waals surface area (Å²) in [5.74, 6) is -2.97. The minimum Gasteiger partial charge on any atom is -0.456 e. The molecule has 0 bridgehead atoms. The molecule has 162 valence electrons. The Labute approximate surface area is 156 Å². The molecule has 15 heteroatoms. The zero-order valence-electron chi connectivity index (χ0n) is 14.7. The molecule has 1 N–H and O–H groups in total. The predicted molar refractivity (Wildman–Crippen MR) is 78.5 cm³/mol. The first-order valence-electron chi connectivity index (χ1n) is 7.46. The monoisotopic (exact) mass is 438 g/mol. The quantitative estimate of drug-likeness (QED) is 0.244. The van der Waals surface area contributed by atoms with Gasteiger partial charge < -0.3 is 24.1 Å². The summed E-state index contributed by atoms with van der Waals surface area (Å²) in [7, 11) is -6.03. The number of alkyl halides is 3. The van der Waals surface area contributed by atoms with Gasteiger partial charge in [0.1, 0.15) is 6.10 Å². The summed E-state index contributed by atoms with van der Waals surface area (Å²) < 4.78 is 82.5. The largest absolute Gasteiger partial charge is 0.523 e. The number of ether oxygens (including phenoxy) is 4. The second kappa shape index (κ2) is 9.02. The number of halogens is 3.